The van der Waals surface area contributed by atoms with Gasteiger partial charge in [0, 0.05) is 11.5 Å². The van der Waals surface area contributed by atoms with Crippen molar-refractivity contribution >= 4 is 35.1 Å². The van der Waals surface area contributed by atoms with Crippen molar-refractivity contribution in [3.05, 3.63) is 83.1 Å². The summed E-state index contributed by atoms with van der Waals surface area (Å²) in [5.74, 6) is 1.70. The molecule has 0 saturated heterocycles. The molecule has 0 aliphatic carbocycles. The van der Waals surface area contributed by atoms with Crippen LogP contribution < -0.4 is 0 Å². The monoisotopic (exact) mass is 358 g/mol. The Hall–Kier alpha value is -1.49. The fraction of sp³-hybridized carbons (Fsp3) is 0.111. The summed E-state index contributed by atoms with van der Waals surface area (Å²) in [7, 11) is 0. The second-order valence-electron chi connectivity index (χ2n) is 4.85. The average Bonchev–Trinajstić information content (AvgIpc) is 2.61. The van der Waals surface area contributed by atoms with Crippen molar-refractivity contribution in [2.75, 3.05) is 0 Å². The minimum atomic E-state index is 0.648. The molecule has 0 aliphatic rings. The number of benzene rings is 2. The highest BCUT2D eigenvalue weighted by atomic mass is 35.5. The molecular formula is C18H15ClN2S2. The molecular weight excluding hydrogens is 344 g/mol. The van der Waals surface area contributed by atoms with Gasteiger partial charge in [-0.25, -0.2) is 9.97 Å². The summed E-state index contributed by atoms with van der Waals surface area (Å²) in [6.45, 7) is 0. The molecule has 1 aromatic heterocycles. The van der Waals surface area contributed by atoms with Crippen LogP contribution in [0.4, 0.5) is 0 Å². The fourth-order valence-corrected chi connectivity index (χ4v) is 4.16. The highest BCUT2D eigenvalue weighted by molar-refractivity contribution is 7.99. The average molecular weight is 359 g/mol. The van der Waals surface area contributed by atoms with Crippen LogP contribution in [0.3, 0.4) is 0 Å². The Balaban J connectivity index is 1.66. The Bertz CT molecular complexity index is 690. The molecule has 1 heterocycles. The summed E-state index contributed by atoms with van der Waals surface area (Å²) < 4.78 is 0. The van der Waals surface area contributed by atoms with Crippen molar-refractivity contribution in [1.82, 2.24) is 9.97 Å². The van der Waals surface area contributed by atoms with Gasteiger partial charge in [-0.15, -0.1) is 0 Å². The number of rotatable bonds is 6. The van der Waals surface area contributed by atoms with Gasteiger partial charge in [0.25, 0.3) is 0 Å². The molecule has 116 valence electrons. The third-order valence-electron chi connectivity index (χ3n) is 3.16. The van der Waals surface area contributed by atoms with E-state index in [0.717, 1.165) is 21.6 Å². The van der Waals surface area contributed by atoms with E-state index in [1.54, 1.807) is 29.9 Å². The highest BCUT2D eigenvalue weighted by Gasteiger charge is 2.10. The van der Waals surface area contributed by atoms with Gasteiger partial charge in [0.2, 0.25) is 0 Å². The summed E-state index contributed by atoms with van der Waals surface area (Å²) in [6.07, 6.45) is 1.59. The molecule has 0 spiro atoms. The molecule has 0 atom stereocenters. The van der Waals surface area contributed by atoms with Gasteiger partial charge in [0.05, 0.1) is 0 Å². The van der Waals surface area contributed by atoms with E-state index in [4.69, 9.17) is 11.6 Å². The molecule has 0 saturated carbocycles. The molecule has 5 heteroatoms. The number of aromatic nitrogens is 2. The van der Waals surface area contributed by atoms with Crippen molar-refractivity contribution in [2.24, 2.45) is 0 Å². The highest BCUT2D eigenvalue weighted by Crippen LogP contribution is 2.34. The second-order valence-corrected chi connectivity index (χ2v) is 7.15. The Kier molecular flexibility index (Phi) is 5.97. The van der Waals surface area contributed by atoms with Gasteiger partial charge in [-0.05, 0) is 11.1 Å². The Labute approximate surface area is 149 Å². The summed E-state index contributed by atoms with van der Waals surface area (Å²) >= 11 is 9.75. The van der Waals surface area contributed by atoms with Crippen LogP contribution in [0.25, 0.3) is 0 Å². The van der Waals surface area contributed by atoms with Crippen molar-refractivity contribution in [1.29, 1.82) is 0 Å². The SMILES string of the molecule is Clc1c(SCc2ccccc2)ncnc1SCc1ccccc1. The first-order valence-electron chi connectivity index (χ1n) is 7.17. The molecule has 0 fully saturated rings. The number of halogens is 1. The van der Waals surface area contributed by atoms with Crippen LogP contribution in [0, 0.1) is 0 Å². The van der Waals surface area contributed by atoms with Crippen LogP contribution in [0.15, 0.2) is 77.0 Å². The maximum atomic E-state index is 6.47. The van der Waals surface area contributed by atoms with Gasteiger partial charge >= 0.3 is 0 Å². The van der Waals surface area contributed by atoms with Gasteiger partial charge in [-0.1, -0.05) is 95.8 Å². The zero-order valence-corrected chi connectivity index (χ0v) is 14.7. The van der Waals surface area contributed by atoms with Crippen molar-refractivity contribution in [3.8, 4) is 0 Å². The van der Waals surface area contributed by atoms with E-state index in [1.807, 2.05) is 36.4 Å². The van der Waals surface area contributed by atoms with Gasteiger partial charge in [-0.3, -0.25) is 0 Å². The van der Waals surface area contributed by atoms with Crippen LogP contribution in [0.2, 0.25) is 5.02 Å². The summed E-state index contributed by atoms with van der Waals surface area (Å²) in [4.78, 5) is 8.63. The summed E-state index contributed by atoms with van der Waals surface area (Å²) in [5.41, 5.74) is 2.51. The lowest BCUT2D eigenvalue weighted by Gasteiger charge is -2.07. The van der Waals surface area contributed by atoms with Gasteiger partial charge < -0.3 is 0 Å². The minimum Gasteiger partial charge on any atom is -0.228 e. The van der Waals surface area contributed by atoms with Crippen LogP contribution >= 0.6 is 35.1 Å². The smallest absolute Gasteiger partial charge is 0.120 e. The molecule has 0 amide bonds. The standard InChI is InChI=1S/C18H15ClN2S2/c19-16-17(22-11-14-7-3-1-4-8-14)20-13-21-18(16)23-12-15-9-5-2-6-10-15/h1-10,13H,11-12H2. The molecule has 2 nitrogen and oxygen atoms in total. The van der Waals surface area contributed by atoms with E-state index in [2.05, 4.69) is 34.2 Å². The summed E-state index contributed by atoms with van der Waals surface area (Å²) in [5, 5.41) is 2.32. The zero-order chi connectivity index (χ0) is 15.9. The van der Waals surface area contributed by atoms with Gasteiger partial charge in [0.1, 0.15) is 21.4 Å². The van der Waals surface area contributed by atoms with Crippen LogP contribution in [0.1, 0.15) is 11.1 Å². The molecule has 0 N–H and O–H groups in total. The van der Waals surface area contributed by atoms with Crippen molar-refractivity contribution in [2.45, 2.75) is 21.6 Å². The predicted octanol–water partition coefficient (Wildman–Crippen LogP) is 5.71. The number of hydrogen-bond donors (Lipinski definition) is 0. The van der Waals surface area contributed by atoms with Crippen molar-refractivity contribution < 1.29 is 0 Å². The van der Waals surface area contributed by atoms with E-state index in [9.17, 15) is 0 Å². The van der Waals surface area contributed by atoms with E-state index >= 15 is 0 Å². The van der Waals surface area contributed by atoms with E-state index < -0.39 is 0 Å². The molecule has 3 rings (SSSR count). The first-order chi connectivity index (χ1) is 11.3. The lowest BCUT2D eigenvalue weighted by molar-refractivity contribution is 0.963. The minimum absolute atomic E-state index is 0.648. The van der Waals surface area contributed by atoms with Crippen LogP contribution in [0.5, 0.6) is 0 Å². The largest absolute Gasteiger partial charge is 0.228 e. The Morgan fingerprint density at radius 2 is 1.13 bits per heavy atom. The molecule has 0 radical (unpaired) electrons. The Morgan fingerprint density at radius 3 is 1.57 bits per heavy atom. The molecule has 0 aliphatic heterocycles. The molecule has 2 aromatic carbocycles. The van der Waals surface area contributed by atoms with E-state index in [1.165, 1.54) is 11.1 Å². The third kappa shape index (κ3) is 4.74. The quantitative estimate of drug-likeness (QED) is 0.416. The summed E-state index contributed by atoms with van der Waals surface area (Å²) in [6, 6.07) is 20.6. The topological polar surface area (TPSA) is 25.8 Å². The first kappa shape index (κ1) is 16.4. The fourth-order valence-electron chi connectivity index (χ4n) is 1.99. The maximum Gasteiger partial charge on any atom is 0.120 e. The zero-order valence-electron chi connectivity index (χ0n) is 12.4. The van der Waals surface area contributed by atoms with Crippen LogP contribution in [-0.2, 0) is 11.5 Å². The van der Waals surface area contributed by atoms with Gasteiger partial charge in [-0.2, -0.15) is 0 Å². The Morgan fingerprint density at radius 1 is 0.696 bits per heavy atom. The third-order valence-corrected chi connectivity index (χ3v) is 5.87. The molecule has 0 unspecified atom stereocenters. The normalized spacial score (nSPS) is 10.7. The first-order valence-corrected chi connectivity index (χ1v) is 9.52. The number of hydrogen-bond acceptors (Lipinski definition) is 4. The van der Waals surface area contributed by atoms with Crippen molar-refractivity contribution in [3.63, 3.8) is 0 Å². The second kappa shape index (κ2) is 8.39. The molecule has 23 heavy (non-hydrogen) atoms. The molecule has 3 aromatic rings. The lowest BCUT2D eigenvalue weighted by atomic mass is 10.2. The van der Waals surface area contributed by atoms with Crippen LogP contribution in [-0.4, -0.2) is 9.97 Å². The van der Waals surface area contributed by atoms with E-state index in [0.29, 0.717) is 5.02 Å². The molecule has 0 bridgehead atoms. The van der Waals surface area contributed by atoms with E-state index in [-0.39, 0.29) is 0 Å². The number of thioether (sulfide) groups is 2. The number of nitrogens with zero attached hydrogens (tertiary/aromatic N) is 2. The maximum absolute atomic E-state index is 6.47. The predicted molar refractivity (Wildman–Crippen MR) is 99.0 cm³/mol. The van der Waals surface area contributed by atoms with Gasteiger partial charge in [0.15, 0.2) is 0 Å². The lowest BCUT2D eigenvalue weighted by Crippen LogP contribution is -1.91.